The van der Waals surface area contributed by atoms with Crippen molar-refractivity contribution in [2.75, 3.05) is 19.0 Å². The van der Waals surface area contributed by atoms with Gasteiger partial charge >= 0.3 is 0 Å². The number of benzene rings is 1. The molecule has 2 atom stereocenters. The zero-order valence-electron chi connectivity index (χ0n) is 18.2. The lowest BCUT2D eigenvalue weighted by molar-refractivity contribution is 0.102. The number of ether oxygens (including phenoxy) is 2. The van der Waals surface area contributed by atoms with Crippen LogP contribution in [0.5, 0.6) is 11.6 Å². The first-order valence-corrected chi connectivity index (χ1v) is 11.6. The summed E-state index contributed by atoms with van der Waals surface area (Å²) in [5.41, 5.74) is 6.06. The second-order valence-corrected chi connectivity index (χ2v) is 11.1. The van der Waals surface area contributed by atoms with E-state index in [0.29, 0.717) is 22.9 Å². The summed E-state index contributed by atoms with van der Waals surface area (Å²) in [7, 11) is -2.22. The van der Waals surface area contributed by atoms with Crippen molar-refractivity contribution in [3.8, 4) is 11.6 Å². The largest absolute Gasteiger partial charge is 0.493 e. The fraction of sp³-hybridized carbons (Fsp3) is 0.429. The quantitative estimate of drug-likeness (QED) is 0.705. The molecule has 11 heteroatoms. The predicted molar refractivity (Wildman–Crippen MR) is 119 cm³/mol. The van der Waals surface area contributed by atoms with Gasteiger partial charge in [0.1, 0.15) is 27.6 Å². The summed E-state index contributed by atoms with van der Waals surface area (Å²) in [6, 6.07) is 5.04. The first-order valence-electron chi connectivity index (χ1n) is 10.0. The summed E-state index contributed by atoms with van der Waals surface area (Å²) in [6.45, 7) is 5.11. The van der Waals surface area contributed by atoms with Crippen molar-refractivity contribution in [1.82, 2.24) is 9.97 Å². The van der Waals surface area contributed by atoms with Gasteiger partial charge in [-0.3, -0.25) is 9.79 Å². The van der Waals surface area contributed by atoms with E-state index in [2.05, 4.69) is 20.3 Å². The number of carbonyl (C=O) groups excluding carboxylic acids is 1. The second-order valence-electron chi connectivity index (χ2n) is 8.43. The molecule has 4 rings (SSSR count). The van der Waals surface area contributed by atoms with Crippen LogP contribution in [-0.2, 0) is 15.4 Å². The molecule has 0 saturated heterocycles. The van der Waals surface area contributed by atoms with E-state index < -0.39 is 31.3 Å². The van der Waals surface area contributed by atoms with Gasteiger partial charge in [-0.2, -0.15) is 0 Å². The summed E-state index contributed by atoms with van der Waals surface area (Å²) in [5.74, 6) is 0.368. The fourth-order valence-electron chi connectivity index (χ4n) is 4.07. The van der Waals surface area contributed by atoms with E-state index in [4.69, 9.17) is 15.2 Å². The van der Waals surface area contributed by atoms with Gasteiger partial charge in [0, 0.05) is 17.7 Å². The van der Waals surface area contributed by atoms with E-state index in [1.165, 1.54) is 19.5 Å². The lowest BCUT2D eigenvalue weighted by Crippen LogP contribution is -2.59. The second kappa shape index (κ2) is 7.44. The lowest BCUT2D eigenvalue weighted by atomic mass is 9.86. The average Bonchev–Trinajstić information content (AvgIpc) is 2.89. The molecule has 0 unspecified atom stereocenters. The Hall–Kier alpha value is -3.21. The zero-order chi connectivity index (χ0) is 23.3. The molecule has 0 saturated carbocycles. The molecule has 0 fully saturated rings. The number of amidine groups is 1. The Balaban J connectivity index is 1.75. The van der Waals surface area contributed by atoms with Crippen LogP contribution in [0, 0.1) is 0 Å². The smallest absolute Gasteiger partial charge is 0.275 e. The number of nitrogens with two attached hydrogens (primary N) is 1. The van der Waals surface area contributed by atoms with Gasteiger partial charge in [0.2, 0.25) is 5.88 Å². The number of methoxy groups -OCH3 is 1. The van der Waals surface area contributed by atoms with Gasteiger partial charge in [0.05, 0.1) is 31.4 Å². The number of aromatic nitrogens is 2. The van der Waals surface area contributed by atoms with Crippen LogP contribution in [0.4, 0.5) is 5.69 Å². The highest BCUT2D eigenvalue weighted by molar-refractivity contribution is 7.94. The number of aliphatic imine (C=N–C) groups is 1. The molecule has 1 amide bonds. The van der Waals surface area contributed by atoms with E-state index >= 15 is 0 Å². The topological polar surface area (TPSA) is 146 Å². The molecule has 1 aromatic heterocycles. The monoisotopic (exact) mass is 459 g/mol. The highest BCUT2D eigenvalue weighted by Crippen LogP contribution is 2.48. The summed E-state index contributed by atoms with van der Waals surface area (Å²) in [6.07, 6.45) is 2.92. The van der Waals surface area contributed by atoms with Crippen molar-refractivity contribution in [2.24, 2.45) is 10.7 Å². The highest BCUT2D eigenvalue weighted by Gasteiger charge is 2.57. The minimum Gasteiger partial charge on any atom is -0.493 e. The van der Waals surface area contributed by atoms with Crippen molar-refractivity contribution >= 4 is 27.3 Å². The first kappa shape index (κ1) is 22.0. The van der Waals surface area contributed by atoms with Crippen molar-refractivity contribution in [1.29, 1.82) is 0 Å². The number of rotatable bonds is 3. The minimum absolute atomic E-state index is 0.0482. The van der Waals surface area contributed by atoms with Gasteiger partial charge in [0.15, 0.2) is 9.84 Å². The molecule has 1 aromatic carbocycles. The van der Waals surface area contributed by atoms with Gasteiger partial charge in [-0.25, -0.2) is 18.4 Å². The zero-order valence-corrected chi connectivity index (χ0v) is 19.1. The first-order chi connectivity index (χ1) is 15.0. The molecule has 32 heavy (non-hydrogen) atoms. The van der Waals surface area contributed by atoms with Crippen LogP contribution in [-0.4, -0.2) is 53.8 Å². The van der Waals surface area contributed by atoms with Crippen LogP contribution in [0.1, 0.15) is 43.2 Å². The fourth-order valence-corrected chi connectivity index (χ4v) is 6.31. The van der Waals surface area contributed by atoms with E-state index in [0.717, 1.165) is 0 Å². The molecular weight excluding hydrogens is 434 g/mol. The number of anilines is 1. The van der Waals surface area contributed by atoms with Crippen LogP contribution < -0.4 is 20.5 Å². The summed E-state index contributed by atoms with van der Waals surface area (Å²) in [4.78, 5) is 25.3. The lowest BCUT2D eigenvalue weighted by Gasteiger charge is -2.43. The maximum atomic E-state index is 13.4. The number of amides is 1. The Morgan fingerprint density at radius 2 is 2.00 bits per heavy atom. The maximum Gasteiger partial charge on any atom is 0.275 e. The molecule has 0 spiro atoms. The summed E-state index contributed by atoms with van der Waals surface area (Å²) < 4.78 is 36.4. The van der Waals surface area contributed by atoms with Crippen LogP contribution in [0.15, 0.2) is 35.6 Å². The Kier molecular flexibility index (Phi) is 5.11. The van der Waals surface area contributed by atoms with Crippen LogP contribution >= 0.6 is 0 Å². The third-order valence-corrected chi connectivity index (χ3v) is 9.25. The molecule has 0 bridgehead atoms. The third-order valence-electron chi connectivity index (χ3n) is 6.17. The van der Waals surface area contributed by atoms with E-state index in [9.17, 15) is 13.2 Å². The molecule has 3 heterocycles. The van der Waals surface area contributed by atoms with Crippen molar-refractivity contribution in [3.63, 3.8) is 0 Å². The standard InChI is InChI=1S/C21H25N5O5S/c1-20(2)19(22)26-21(3)13-9-12(25-18(27)14-10-24-17(30-4)11-23-14)5-6-15(13)31-8-7-16(21)32(20,28)29/h5-6,9-11,16H,7-8H2,1-4H3,(H2,22,26)(H,25,27)/t16-,21-/m1/s1. The van der Waals surface area contributed by atoms with Crippen LogP contribution in [0.2, 0.25) is 0 Å². The molecule has 2 aliphatic heterocycles. The number of fused-ring (bicyclic) bond motifs is 3. The van der Waals surface area contributed by atoms with Gasteiger partial charge in [-0.05, 0) is 39.0 Å². The molecule has 2 aromatic rings. The highest BCUT2D eigenvalue weighted by atomic mass is 32.2. The summed E-state index contributed by atoms with van der Waals surface area (Å²) >= 11 is 0. The molecule has 2 aliphatic rings. The van der Waals surface area contributed by atoms with Gasteiger partial charge in [0.25, 0.3) is 5.91 Å². The van der Waals surface area contributed by atoms with E-state index in [1.807, 2.05) is 0 Å². The van der Waals surface area contributed by atoms with Crippen molar-refractivity contribution in [3.05, 3.63) is 41.9 Å². The Labute approximate surface area is 186 Å². The Morgan fingerprint density at radius 3 is 2.66 bits per heavy atom. The number of carbonyl (C=O) groups is 1. The molecule has 10 nitrogen and oxygen atoms in total. The number of nitrogens with one attached hydrogen (secondary N) is 1. The Bertz CT molecular complexity index is 1210. The summed E-state index contributed by atoms with van der Waals surface area (Å²) in [5, 5.41) is 1.94. The van der Waals surface area contributed by atoms with Crippen LogP contribution in [0.25, 0.3) is 0 Å². The van der Waals surface area contributed by atoms with E-state index in [1.54, 1.807) is 39.0 Å². The van der Waals surface area contributed by atoms with Gasteiger partial charge in [-0.1, -0.05) is 0 Å². The van der Waals surface area contributed by atoms with Crippen LogP contribution in [0.3, 0.4) is 0 Å². The molecule has 3 N–H and O–H groups in total. The molecule has 0 radical (unpaired) electrons. The normalized spacial score (nSPS) is 25.2. The number of hydrogen-bond acceptors (Lipinski definition) is 9. The van der Waals surface area contributed by atoms with Crippen molar-refractivity contribution in [2.45, 2.75) is 42.7 Å². The minimum atomic E-state index is -3.67. The number of hydrogen-bond donors (Lipinski definition) is 2. The molecular formula is C21H25N5O5S. The molecule has 0 aliphatic carbocycles. The van der Waals surface area contributed by atoms with E-state index in [-0.39, 0.29) is 24.6 Å². The van der Waals surface area contributed by atoms with Gasteiger partial charge < -0.3 is 20.5 Å². The Morgan fingerprint density at radius 1 is 1.25 bits per heavy atom. The number of sulfone groups is 1. The maximum absolute atomic E-state index is 13.4. The van der Waals surface area contributed by atoms with Gasteiger partial charge in [-0.15, -0.1) is 0 Å². The third kappa shape index (κ3) is 3.27. The SMILES string of the molecule is COc1cnc(C(=O)Nc2ccc3c(c2)[C@@]2(C)N=C(N)C(C)(C)S(=O)(=O)[C@@H]2CCO3)cn1. The number of nitrogens with zero attached hydrogens (tertiary/aromatic N) is 3. The predicted octanol–water partition coefficient (Wildman–Crippen LogP) is 1.67. The van der Waals surface area contributed by atoms with Crippen molar-refractivity contribution < 1.29 is 22.7 Å². The molecule has 170 valence electrons. The average molecular weight is 460 g/mol.